The standard InChI is InChI=1S/C15H12BrIN2O2/c16-12-3-1-10(2-4-12)7-15(21)19-18-9-11-8-13(17)5-6-14(11)20/h1-6,8-9,20H,7H2,(H,19,21)/b18-9+. The summed E-state index contributed by atoms with van der Waals surface area (Å²) in [4.78, 5) is 11.7. The van der Waals surface area contributed by atoms with Gasteiger partial charge >= 0.3 is 0 Å². The van der Waals surface area contributed by atoms with Gasteiger partial charge in [0.25, 0.3) is 0 Å². The number of hydrazone groups is 1. The molecule has 0 aliphatic rings. The van der Waals surface area contributed by atoms with Gasteiger partial charge in [-0.25, -0.2) is 5.43 Å². The van der Waals surface area contributed by atoms with Crippen molar-refractivity contribution >= 4 is 50.6 Å². The van der Waals surface area contributed by atoms with E-state index >= 15 is 0 Å². The van der Waals surface area contributed by atoms with E-state index < -0.39 is 0 Å². The van der Waals surface area contributed by atoms with Crippen LogP contribution in [0.5, 0.6) is 5.75 Å². The fraction of sp³-hybridized carbons (Fsp3) is 0.0667. The van der Waals surface area contributed by atoms with Crippen molar-refractivity contribution in [2.75, 3.05) is 0 Å². The minimum atomic E-state index is -0.210. The van der Waals surface area contributed by atoms with Gasteiger partial charge in [0, 0.05) is 13.6 Å². The van der Waals surface area contributed by atoms with Gasteiger partial charge in [0.1, 0.15) is 5.75 Å². The molecule has 0 unspecified atom stereocenters. The molecule has 0 atom stereocenters. The van der Waals surface area contributed by atoms with Crippen molar-refractivity contribution in [2.24, 2.45) is 5.10 Å². The van der Waals surface area contributed by atoms with Gasteiger partial charge in [0.15, 0.2) is 0 Å². The zero-order chi connectivity index (χ0) is 15.2. The smallest absolute Gasteiger partial charge is 0.244 e. The second-order valence-corrected chi connectivity index (χ2v) is 6.46. The molecule has 6 heteroatoms. The number of carbonyl (C=O) groups excluding carboxylic acids is 1. The van der Waals surface area contributed by atoms with Crippen LogP contribution in [0.1, 0.15) is 11.1 Å². The molecule has 0 bridgehead atoms. The Morgan fingerprint density at radius 2 is 2.00 bits per heavy atom. The van der Waals surface area contributed by atoms with Crippen LogP contribution in [0.2, 0.25) is 0 Å². The Morgan fingerprint density at radius 3 is 2.71 bits per heavy atom. The lowest BCUT2D eigenvalue weighted by molar-refractivity contribution is -0.120. The van der Waals surface area contributed by atoms with E-state index in [0.717, 1.165) is 13.6 Å². The first kappa shape index (κ1) is 16.0. The van der Waals surface area contributed by atoms with Crippen LogP contribution in [0, 0.1) is 3.57 Å². The minimum absolute atomic E-state index is 0.126. The molecule has 0 aliphatic heterocycles. The van der Waals surface area contributed by atoms with Crippen LogP contribution in [0.4, 0.5) is 0 Å². The second kappa shape index (κ2) is 7.56. The molecule has 2 aromatic carbocycles. The summed E-state index contributed by atoms with van der Waals surface area (Å²) in [7, 11) is 0. The highest BCUT2D eigenvalue weighted by atomic mass is 127. The van der Waals surface area contributed by atoms with Crippen molar-refractivity contribution in [3.8, 4) is 5.75 Å². The van der Waals surface area contributed by atoms with Crippen LogP contribution in [0.15, 0.2) is 52.0 Å². The van der Waals surface area contributed by atoms with Gasteiger partial charge in [-0.1, -0.05) is 28.1 Å². The summed E-state index contributed by atoms with van der Waals surface area (Å²) in [6.07, 6.45) is 1.68. The Kier molecular flexibility index (Phi) is 5.75. The lowest BCUT2D eigenvalue weighted by atomic mass is 10.1. The molecule has 21 heavy (non-hydrogen) atoms. The molecule has 0 radical (unpaired) electrons. The molecule has 1 amide bonds. The molecule has 2 aromatic rings. The van der Waals surface area contributed by atoms with Crippen molar-refractivity contribution in [2.45, 2.75) is 6.42 Å². The molecule has 0 spiro atoms. The van der Waals surface area contributed by atoms with Crippen LogP contribution < -0.4 is 5.43 Å². The monoisotopic (exact) mass is 458 g/mol. The molecule has 2 N–H and O–H groups in total. The zero-order valence-corrected chi connectivity index (χ0v) is 14.6. The molecule has 0 heterocycles. The third kappa shape index (κ3) is 5.13. The quantitative estimate of drug-likeness (QED) is 0.418. The molecule has 108 valence electrons. The number of amides is 1. The normalized spacial score (nSPS) is 10.8. The maximum Gasteiger partial charge on any atom is 0.244 e. The number of nitrogens with zero attached hydrogens (tertiary/aromatic N) is 1. The lowest BCUT2D eigenvalue weighted by Gasteiger charge is -2.02. The summed E-state index contributed by atoms with van der Waals surface area (Å²) in [5.41, 5.74) is 3.91. The van der Waals surface area contributed by atoms with Gasteiger partial charge < -0.3 is 5.11 Å². The van der Waals surface area contributed by atoms with Gasteiger partial charge in [-0.15, -0.1) is 0 Å². The molecule has 0 saturated heterocycles. The van der Waals surface area contributed by atoms with E-state index in [-0.39, 0.29) is 18.1 Å². The van der Waals surface area contributed by atoms with E-state index in [1.807, 2.05) is 24.3 Å². The average molecular weight is 459 g/mol. The maximum atomic E-state index is 11.7. The minimum Gasteiger partial charge on any atom is -0.507 e. The molecular formula is C15H12BrIN2O2. The average Bonchev–Trinajstić information content (AvgIpc) is 2.45. The first-order valence-electron chi connectivity index (χ1n) is 6.09. The van der Waals surface area contributed by atoms with E-state index in [4.69, 9.17) is 0 Å². The Bertz CT molecular complexity index is 672. The van der Waals surface area contributed by atoms with Gasteiger partial charge in [-0.2, -0.15) is 5.10 Å². The van der Waals surface area contributed by atoms with Gasteiger partial charge in [0.2, 0.25) is 5.91 Å². The number of carbonyl (C=O) groups is 1. The fourth-order valence-electron chi connectivity index (χ4n) is 1.63. The first-order valence-corrected chi connectivity index (χ1v) is 7.96. The second-order valence-electron chi connectivity index (χ2n) is 4.30. The lowest BCUT2D eigenvalue weighted by Crippen LogP contribution is -2.19. The molecule has 0 saturated carbocycles. The number of hydrogen-bond donors (Lipinski definition) is 2. The van der Waals surface area contributed by atoms with Gasteiger partial charge in [-0.05, 0) is 58.5 Å². The van der Waals surface area contributed by atoms with E-state index in [1.165, 1.54) is 6.21 Å². The molecule has 0 aliphatic carbocycles. The van der Waals surface area contributed by atoms with Crippen LogP contribution in [0.3, 0.4) is 0 Å². The van der Waals surface area contributed by atoms with E-state index in [2.05, 4.69) is 49.0 Å². The SMILES string of the molecule is O=C(Cc1ccc(Br)cc1)N/N=C/c1cc(I)ccc1O. The summed E-state index contributed by atoms with van der Waals surface area (Å²) < 4.78 is 1.95. The molecule has 0 fully saturated rings. The largest absolute Gasteiger partial charge is 0.507 e. The topological polar surface area (TPSA) is 61.7 Å². The number of nitrogens with one attached hydrogen (secondary N) is 1. The maximum absolute atomic E-state index is 11.7. The molecular weight excluding hydrogens is 447 g/mol. The van der Waals surface area contributed by atoms with Crippen LogP contribution >= 0.6 is 38.5 Å². The summed E-state index contributed by atoms with van der Waals surface area (Å²) >= 11 is 5.48. The number of aromatic hydroxyl groups is 1. The van der Waals surface area contributed by atoms with Crippen LogP contribution in [-0.2, 0) is 11.2 Å². The Labute approximate surface area is 144 Å². The highest BCUT2D eigenvalue weighted by Crippen LogP contribution is 2.17. The van der Waals surface area contributed by atoms with E-state index in [0.29, 0.717) is 5.56 Å². The first-order chi connectivity index (χ1) is 10.0. The number of phenolic OH excluding ortho intramolecular Hbond substituents is 1. The fourth-order valence-corrected chi connectivity index (χ4v) is 2.41. The predicted octanol–water partition coefficient (Wildman–Crippen LogP) is 3.45. The zero-order valence-electron chi connectivity index (χ0n) is 10.9. The summed E-state index contributed by atoms with van der Waals surface area (Å²) in [5.74, 6) is -0.0833. The van der Waals surface area contributed by atoms with Crippen molar-refractivity contribution in [3.05, 3.63) is 61.6 Å². The number of hydrogen-bond acceptors (Lipinski definition) is 3. The van der Waals surface area contributed by atoms with E-state index in [9.17, 15) is 9.90 Å². The molecule has 2 rings (SSSR count). The summed E-state index contributed by atoms with van der Waals surface area (Å²) in [6.45, 7) is 0. The van der Waals surface area contributed by atoms with Crippen LogP contribution in [-0.4, -0.2) is 17.2 Å². The van der Waals surface area contributed by atoms with Crippen molar-refractivity contribution in [1.82, 2.24) is 5.43 Å². The Morgan fingerprint density at radius 1 is 1.29 bits per heavy atom. The third-order valence-electron chi connectivity index (χ3n) is 2.66. The van der Waals surface area contributed by atoms with Crippen LogP contribution in [0.25, 0.3) is 0 Å². The summed E-state index contributed by atoms with van der Waals surface area (Å²) in [5, 5.41) is 13.5. The highest BCUT2D eigenvalue weighted by molar-refractivity contribution is 14.1. The number of benzene rings is 2. The Hall–Kier alpha value is -1.41. The molecule has 0 aromatic heterocycles. The molecule has 4 nitrogen and oxygen atoms in total. The third-order valence-corrected chi connectivity index (χ3v) is 3.86. The predicted molar refractivity (Wildman–Crippen MR) is 94.4 cm³/mol. The van der Waals surface area contributed by atoms with Crippen molar-refractivity contribution < 1.29 is 9.90 Å². The van der Waals surface area contributed by atoms with Gasteiger partial charge in [0.05, 0.1) is 12.6 Å². The Balaban J connectivity index is 1.93. The van der Waals surface area contributed by atoms with Crippen molar-refractivity contribution in [3.63, 3.8) is 0 Å². The van der Waals surface area contributed by atoms with Gasteiger partial charge in [-0.3, -0.25) is 4.79 Å². The van der Waals surface area contributed by atoms with E-state index in [1.54, 1.807) is 18.2 Å². The number of halogens is 2. The van der Waals surface area contributed by atoms with Crippen molar-refractivity contribution in [1.29, 1.82) is 0 Å². The number of phenols is 1. The summed E-state index contributed by atoms with van der Waals surface area (Å²) in [6, 6.07) is 12.7. The number of rotatable bonds is 4. The highest BCUT2D eigenvalue weighted by Gasteiger charge is 2.02.